The van der Waals surface area contributed by atoms with E-state index in [0.717, 1.165) is 31.8 Å². The summed E-state index contributed by atoms with van der Waals surface area (Å²) in [6.45, 7) is 2.20. The second-order valence-electron chi connectivity index (χ2n) is 4.55. The predicted molar refractivity (Wildman–Crippen MR) is 81.8 cm³/mol. The molecule has 3 rings (SSSR count). The van der Waals surface area contributed by atoms with E-state index < -0.39 is 0 Å². The molecule has 0 fully saturated rings. The summed E-state index contributed by atoms with van der Waals surface area (Å²) in [6, 6.07) is 10.0. The third-order valence-electron chi connectivity index (χ3n) is 3.23. The number of furan rings is 1. The molecule has 0 radical (unpaired) electrons. The largest absolute Gasteiger partial charge is 0.466 e. The average molecular weight is 333 g/mol. The predicted octanol–water partition coefficient (Wildman–Crippen LogP) is 4.45. The first-order valence-electron chi connectivity index (χ1n) is 6.43. The van der Waals surface area contributed by atoms with E-state index in [4.69, 9.17) is 9.15 Å². The first-order chi connectivity index (χ1) is 9.69. The normalized spacial score (nSPS) is 11.1. The van der Waals surface area contributed by atoms with Gasteiger partial charge in [0.15, 0.2) is 0 Å². The van der Waals surface area contributed by atoms with Crippen molar-refractivity contribution in [1.82, 2.24) is 0 Å². The van der Waals surface area contributed by atoms with Crippen molar-refractivity contribution in [2.75, 3.05) is 6.61 Å². The van der Waals surface area contributed by atoms with E-state index in [9.17, 15) is 4.79 Å². The van der Waals surface area contributed by atoms with Gasteiger partial charge in [0.2, 0.25) is 0 Å². The summed E-state index contributed by atoms with van der Waals surface area (Å²) in [7, 11) is 0. The second kappa shape index (κ2) is 5.29. The molecule has 20 heavy (non-hydrogen) atoms. The maximum absolute atomic E-state index is 11.7. The van der Waals surface area contributed by atoms with Gasteiger partial charge in [-0.05, 0) is 35.9 Å². The highest BCUT2D eigenvalue weighted by atomic mass is 79.9. The first kappa shape index (κ1) is 13.2. The van der Waals surface area contributed by atoms with Crippen LogP contribution in [0.2, 0.25) is 0 Å². The Morgan fingerprint density at radius 3 is 2.95 bits per heavy atom. The SMILES string of the molecule is CCOC(=O)Cc1coc2ccc3cc(Br)ccc3c12. The van der Waals surface area contributed by atoms with Crippen LogP contribution in [0.4, 0.5) is 0 Å². The fourth-order valence-corrected chi connectivity index (χ4v) is 2.78. The fourth-order valence-electron chi connectivity index (χ4n) is 2.40. The van der Waals surface area contributed by atoms with E-state index in [0.29, 0.717) is 6.61 Å². The van der Waals surface area contributed by atoms with Crippen LogP contribution in [0.3, 0.4) is 0 Å². The van der Waals surface area contributed by atoms with Crippen LogP contribution in [0.25, 0.3) is 21.7 Å². The number of ether oxygens (including phenoxy) is 1. The molecular weight excluding hydrogens is 320 g/mol. The molecule has 0 spiro atoms. The van der Waals surface area contributed by atoms with E-state index in [1.54, 1.807) is 13.2 Å². The van der Waals surface area contributed by atoms with Gasteiger partial charge < -0.3 is 9.15 Å². The summed E-state index contributed by atoms with van der Waals surface area (Å²) in [5, 5.41) is 3.18. The fraction of sp³-hybridized carbons (Fsp3) is 0.188. The monoisotopic (exact) mass is 332 g/mol. The lowest BCUT2D eigenvalue weighted by molar-refractivity contribution is -0.142. The van der Waals surface area contributed by atoms with Crippen molar-refractivity contribution in [2.45, 2.75) is 13.3 Å². The maximum Gasteiger partial charge on any atom is 0.310 e. The minimum Gasteiger partial charge on any atom is -0.466 e. The van der Waals surface area contributed by atoms with Crippen molar-refractivity contribution >= 4 is 43.6 Å². The Morgan fingerprint density at radius 1 is 1.30 bits per heavy atom. The Balaban J connectivity index is 2.16. The van der Waals surface area contributed by atoms with E-state index in [2.05, 4.69) is 22.0 Å². The van der Waals surface area contributed by atoms with Gasteiger partial charge in [-0.3, -0.25) is 4.79 Å². The van der Waals surface area contributed by atoms with Gasteiger partial charge in [-0.15, -0.1) is 0 Å². The van der Waals surface area contributed by atoms with Crippen LogP contribution in [0, 0.1) is 0 Å². The van der Waals surface area contributed by atoms with Gasteiger partial charge in [0.1, 0.15) is 5.58 Å². The number of carbonyl (C=O) groups excluding carboxylic acids is 1. The van der Waals surface area contributed by atoms with Gasteiger partial charge in [-0.25, -0.2) is 0 Å². The summed E-state index contributed by atoms with van der Waals surface area (Å²) in [4.78, 5) is 11.7. The lowest BCUT2D eigenvalue weighted by Gasteiger charge is -2.03. The highest BCUT2D eigenvalue weighted by Crippen LogP contribution is 2.31. The highest BCUT2D eigenvalue weighted by Gasteiger charge is 2.13. The molecule has 0 amide bonds. The second-order valence-corrected chi connectivity index (χ2v) is 5.46. The maximum atomic E-state index is 11.7. The summed E-state index contributed by atoms with van der Waals surface area (Å²) in [5.74, 6) is -0.232. The molecule has 0 unspecified atom stereocenters. The Hall–Kier alpha value is -1.81. The standard InChI is InChI=1S/C16H13BrO3/c1-2-19-15(18)8-11-9-20-14-6-3-10-7-12(17)4-5-13(10)16(11)14/h3-7,9H,2,8H2,1H3. The van der Waals surface area contributed by atoms with E-state index in [1.807, 2.05) is 24.3 Å². The molecular formula is C16H13BrO3. The van der Waals surface area contributed by atoms with Gasteiger partial charge in [0.25, 0.3) is 0 Å². The molecule has 102 valence electrons. The van der Waals surface area contributed by atoms with Gasteiger partial charge in [-0.1, -0.05) is 28.1 Å². The van der Waals surface area contributed by atoms with Crippen molar-refractivity contribution in [3.63, 3.8) is 0 Å². The van der Waals surface area contributed by atoms with Crippen molar-refractivity contribution in [3.8, 4) is 0 Å². The third-order valence-corrected chi connectivity index (χ3v) is 3.73. The molecule has 0 saturated heterocycles. The molecule has 1 aromatic heterocycles. The van der Waals surface area contributed by atoms with Crippen LogP contribution in [0.15, 0.2) is 45.5 Å². The molecule has 0 saturated carbocycles. The Labute approximate surface area is 124 Å². The molecule has 0 bridgehead atoms. The number of carbonyl (C=O) groups is 1. The minimum atomic E-state index is -0.232. The zero-order valence-electron chi connectivity index (χ0n) is 11.0. The molecule has 3 nitrogen and oxygen atoms in total. The first-order valence-corrected chi connectivity index (χ1v) is 7.22. The van der Waals surface area contributed by atoms with Gasteiger partial charge >= 0.3 is 5.97 Å². The molecule has 4 heteroatoms. The van der Waals surface area contributed by atoms with Gasteiger partial charge in [0, 0.05) is 15.4 Å². The molecule has 3 aromatic rings. The van der Waals surface area contributed by atoms with E-state index >= 15 is 0 Å². The topological polar surface area (TPSA) is 39.4 Å². The third kappa shape index (κ3) is 2.31. The number of esters is 1. The van der Waals surface area contributed by atoms with Crippen LogP contribution >= 0.6 is 15.9 Å². The molecule has 2 aromatic carbocycles. The van der Waals surface area contributed by atoms with Crippen LogP contribution < -0.4 is 0 Å². The lowest BCUT2D eigenvalue weighted by atomic mass is 10.0. The van der Waals surface area contributed by atoms with Crippen LogP contribution in [0.5, 0.6) is 0 Å². The molecule has 0 aliphatic carbocycles. The minimum absolute atomic E-state index is 0.232. The van der Waals surface area contributed by atoms with Gasteiger partial charge in [0.05, 0.1) is 19.3 Å². The van der Waals surface area contributed by atoms with E-state index in [1.165, 1.54) is 0 Å². The summed E-state index contributed by atoms with van der Waals surface area (Å²) in [5.41, 5.74) is 1.66. The van der Waals surface area contributed by atoms with Gasteiger partial charge in [-0.2, -0.15) is 0 Å². The highest BCUT2D eigenvalue weighted by molar-refractivity contribution is 9.10. The zero-order chi connectivity index (χ0) is 14.1. The van der Waals surface area contributed by atoms with Crippen molar-refractivity contribution in [1.29, 1.82) is 0 Å². The molecule has 0 aliphatic rings. The number of benzene rings is 2. The number of rotatable bonds is 3. The Bertz CT molecular complexity index is 789. The molecule has 0 atom stereocenters. The number of halogens is 1. The molecule has 0 aliphatic heterocycles. The van der Waals surface area contributed by atoms with Crippen LogP contribution in [0.1, 0.15) is 12.5 Å². The Morgan fingerprint density at radius 2 is 2.15 bits per heavy atom. The summed E-state index contributed by atoms with van der Waals surface area (Å²) in [6.07, 6.45) is 1.87. The van der Waals surface area contributed by atoms with Crippen molar-refractivity contribution < 1.29 is 13.9 Å². The lowest BCUT2D eigenvalue weighted by Crippen LogP contribution is -2.06. The quantitative estimate of drug-likeness (QED) is 0.665. The van der Waals surface area contributed by atoms with Crippen LogP contribution in [-0.2, 0) is 16.0 Å². The summed E-state index contributed by atoms with van der Waals surface area (Å²) >= 11 is 3.47. The van der Waals surface area contributed by atoms with Crippen LogP contribution in [-0.4, -0.2) is 12.6 Å². The average Bonchev–Trinajstić information content (AvgIpc) is 2.82. The number of hydrogen-bond donors (Lipinski definition) is 0. The zero-order valence-corrected chi connectivity index (χ0v) is 12.6. The van der Waals surface area contributed by atoms with Crippen molar-refractivity contribution in [3.05, 3.63) is 46.6 Å². The number of fused-ring (bicyclic) bond motifs is 3. The van der Waals surface area contributed by atoms with E-state index in [-0.39, 0.29) is 12.4 Å². The molecule has 1 heterocycles. The number of hydrogen-bond acceptors (Lipinski definition) is 3. The molecule has 0 N–H and O–H groups in total. The smallest absolute Gasteiger partial charge is 0.310 e. The summed E-state index contributed by atoms with van der Waals surface area (Å²) < 4.78 is 11.6. The Kier molecular flexibility index (Phi) is 3.49. The van der Waals surface area contributed by atoms with Crippen molar-refractivity contribution in [2.24, 2.45) is 0 Å².